The molecule has 0 aliphatic rings. The van der Waals surface area contributed by atoms with Crippen molar-refractivity contribution in [1.82, 2.24) is 15.1 Å². The summed E-state index contributed by atoms with van der Waals surface area (Å²) >= 11 is 0. The highest BCUT2D eigenvalue weighted by Crippen LogP contribution is 2.22. The number of hydrogen-bond donors (Lipinski definition) is 1. The summed E-state index contributed by atoms with van der Waals surface area (Å²) < 4.78 is 6.81. The third-order valence-corrected chi connectivity index (χ3v) is 3.55. The number of amides is 1. The maximum absolute atomic E-state index is 12.0. The lowest BCUT2D eigenvalue weighted by Gasteiger charge is -2.06. The van der Waals surface area contributed by atoms with E-state index in [-0.39, 0.29) is 12.5 Å². The van der Waals surface area contributed by atoms with Gasteiger partial charge in [0, 0.05) is 11.9 Å². The number of carbonyl (C=O) groups is 1. The third kappa shape index (κ3) is 2.59. The molecule has 0 saturated heterocycles. The molecule has 0 aliphatic carbocycles. The summed E-state index contributed by atoms with van der Waals surface area (Å²) in [6, 6.07) is 7.25. The molecule has 6 nitrogen and oxygen atoms in total. The van der Waals surface area contributed by atoms with Gasteiger partial charge in [0.2, 0.25) is 5.91 Å². The maximum atomic E-state index is 12.0. The Labute approximate surface area is 126 Å². The van der Waals surface area contributed by atoms with Gasteiger partial charge in [-0.2, -0.15) is 5.10 Å². The molecule has 0 spiro atoms. The fourth-order valence-electron chi connectivity index (χ4n) is 2.44. The van der Waals surface area contributed by atoms with Gasteiger partial charge in [-0.15, -0.1) is 0 Å². The zero-order valence-electron chi connectivity index (χ0n) is 12.3. The van der Waals surface area contributed by atoms with E-state index >= 15 is 0 Å². The summed E-state index contributed by atoms with van der Waals surface area (Å²) in [6.45, 7) is 2.80. The predicted molar refractivity (Wildman–Crippen MR) is 83.7 cm³/mol. The first-order valence-electron chi connectivity index (χ1n) is 7.34. The van der Waals surface area contributed by atoms with Crippen LogP contribution >= 0.6 is 0 Å². The minimum Gasteiger partial charge on any atom is -0.422 e. The summed E-state index contributed by atoms with van der Waals surface area (Å²) in [4.78, 5) is 24.0. The summed E-state index contributed by atoms with van der Waals surface area (Å²) in [5.74, 6) is -0.115. The van der Waals surface area contributed by atoms with Crippen LogP contribution in [0.5, 0.6) is 0 Å². The summed E-state index contributed by atoms with van der Waals surface area (Å²) in [5, 5.41) is 8.18. The smallest absolute Gasteiger partial charge is 0.347 e. The molecule has 0 unspecified atom stereocenters. The molecule has 1 aromatic carbocycles. The van der Waals surface area contributed by atoms with Gasteiger partial charge in [0.15, 0.2) is 0 Å². The van der Waals surface area contributed by atoms with Gasteiger partial charge in [-0.1, -0.05) is 25.5 Å². The van der Waals surface area contributed by atoms with Crippen LogP contribution in [0.3, 0.4) is 0 Å². The van der Waals surface area contributed by atoms with E-state index in [0.717, 1.165) is 18.2 Å². The summed E-state index contributed by atoms with van der Waals surface area (Å²) in [5.41, 5.74) is 0.692. The third-order valence-electron chi connectivity index (χ3n) is 3.55. The van der Waals surface area contributed by atoms with E-state index < -0.39 is 5.63 Å². The number of unbranched alkanes of at least 4 members (excludes halogenated alkanes) is 1. The lowest BCUT2D eigenvalue weighted by Crippen LogP contribution is -2.28. The highest BCUT2D eigenvalue weighted by atomic mass is 16.4. The average molecular weight is 299 g/mol. The van der Waals surface area contributed by atoms with Gasteiger partial charge < -0.3 is 9.73 Å². The van der Waals surface area contributed by atoms with Crippen LogP contribution < -0.4 is 10.9 Å². The molecule has 0 fully saturated rings. The number of aromatic nitrogens is 2. The monoisotopic (exact) mass is 299 g/mol. The Kier molecular flexibility index (Phi) is 3.91. The van der Waals surface area contributed by atoms with Gasteiger partial charge in [0.05, 0.1) is 11.7 Å². The molecule has 0 saturated carbocycles. The van der Waals surface area contributed by atoms with E-state index in [4.69, 9.17) is 4.42 Å². The summed E-state index contributed by atoms with van der Waals surface area (Å²) in [6.07, 6.45) is 3.42. The number of hydrogen-bond acceptors (Lipinski definition) is 4. The molecule has 6 heteroatoms. The minimum atomic E-state index is -0.439. The Bertz CT molecular complexity index is 879. The number of nitrogens with one attached hydrogen (secondary N) is 1. The minimum absolute atomic E-state index is 0.0840. The Balaban J connectivity index is 2.00. The molecule has 0 radical (unpaired) electrons. The Hall–Kier alpha value is -2.63. The molecule has 1 N–H and O–H groups in total. The predicted octanol–water partition coefficient (Wildman–Crippen LogP) is 2.06. The first kappa shape index (κ1) is 14.3. The quantitative estimate of drug-likeness (QED) is 0.578. The van der Waals surface area contributed by atoms with Crippen LogP contribution in [0.2, 0.25) is 0 Å². The van der Waals surface area contributed by atoms with Gasteiger partial charge in [-0.3, -0.25) is 9.48 Å². The lowest BCUT2D eigenvalue weighted by atomic mass is 10.2. The van der Waals surface area contributed by atoms with Crippen LogP contribution in [-0.4, -0.2) is 22.2 Å². The van der Waals surface area contributed by atoms with E-state index in [1.807, 2.05) is 12.1 Å². The van der Waals surface area contributed by atoms with Crippen LogP contribution in [0, 0.1) is 0 Å². The molecule has 3 rings (SSSR count). The SMILES string of the molecule is CCCCNC(=O)Cn1ncc2c(=O)oc3ccccc3c21. The topological polar surface area (TPSA) is 77.1 Å². The lowest BCUT2D eigenvalue weighted by molar-refractivity contribution is -0.121. The number of rotatable bonds is 5. The van der Waals surface area contributed by atoms with Crippen molar-refractivity contribution in [3.8, 4) is 0 Å². The second-order valence-corrected chi connectivity index (χ2v) is 5.15. The van der Waals surface area contributed by atoms with Gasteiger partial charge in [0.25, 0.3) is 0 Å². The van der Waals surface area contributed by atoms with E-state index in [1.165, 1.54) is 6.20 Å². The van der Waals surface area contributed by atoms with E-state index in [9.17, 15) is 9.59 Å². The number of carbonyl (C=O) groups excluding carboxylic acids is 1. The highest BCUT2D eigenvalue weighted by Gasteiger charge is 2.14. The van der Waals surface area contributed by atoms with Crippen molar-refractivity contribution in [2.45, 2.75) is 26.3 Å². The fourth-order valence-corrected chi connectivity index (χ4v) is 2.44. The first-order chi connectivity index (χ1) is 10.7. The van der Waals surface area contributed by atoms with Crippen molar-refractivity contribution in [2.75, 3.05) is 6.54 Å². The van der Waals surface area contributed by atoms with Crippen molar-refractivity contribution in [2.24, 2.45) is 0 Å². The first-order valence-corrected chi connectivity index (χ1v) is 7.34. The molecule has 2 aromatic heterocycles. The number of fused-ring (bicyclic) bond motifs is 3. The molecule has 22 heavy (non-hydrogen) atoms. The molecular formula is C16H17N3O3. The van der Waals surface area contributed by atoms with Crippen LogP contribution in [0.4, 0.5) is 0 Å². The van der Waals surface area contributed by atoms with Crippen molar-refractivity contribution in [3.05, 3.63) is 40.9 Å². The number of benzene rings is 1. The average Bonchev–Trinajstić information content (AvgIpc) is 2.92. The second kappa shape index (κ2) is 6.01. The summed E-state index contributed by atoms with van der Waals surface area (Å²) in [7, 11) is 0. The Morgan fingerprint density at radius 2 is 2.14 bits per heavy atom. The van der Waals surface area contributed by atoms with Crippen LogP contribution in [0.15, 0.2) is 39.7 Å². The van der Waals surface area contributed by atoms with Crippen molar-refractivity contribution in [3.63, 3.8) is 0 Å². The zero-order chi connectivity index (χ0) is 15.5. The van der Waals surface area contributed by atoms with Gasteiger partial charge in [-0.05, 0) is 18.6 Å². The molecular weight excluding hydrogens is 282 g/mol. The highest BCUT2D eigenvalue weighted by molar-refractivity contribution is 6.02. The normalized spacial score (nSPS) is 11.1. The Morgan fingerprint density at radius 1 is 1.32 bits per heavy atom. The number of nitrogens with zero attached hydrogens (tertiary/aromatic N) is 2. The molecule has 114 valence electrons. The maximum Gasteiger partial charge on any atom is 0.347 e. The molecule has 0 bridgehead atoms. The van der Waals surface area contributed by atoms with Crippen molar-refractivity contribution >= 4 is 27.8 Å². The van der Waals surface area contributed by atoms with Crippen molar-refractivity contribution in [1.29, 1.82) is 0 Å². The Morgan fingerprint density at radius 3 is 2.95 bits per heavy atom. The van der Waals surface area contributed by atoms with Crippen LogP contribution in [-0.2, 0) is 11.3 Å². The zero-order valence-corrected chi connectivity index (χ0v) is 12.3. The second-order valence-electron chi connectivity index (χ2n) is 5.15. The molecule has 0 atom stereocenters. The molecule has 2 heterocycles. The van der Waals surface area contributed by atoms with Crippen LogP contribution in [0.25, 0.3) is 21.9 Å². The van der Waals surface area contributed by atoms with Crippen molar-refractivity contribution < 1.29 is 9.21 Å². The largest absolute Gasteiger partial charge is 0.422 e. The molecule has 3 aromatic rings. The van der Waals surface area contributed by atoms with E-state index in [2.05, 4.69) is 17.3 Å². The van der Waals surface area contributed by atoms with Gasteiger partial charge >= 0.3 is 5.63 Å². The fraction of sp³-hybridized carbons (Fsp3) is 0.312. The standard InChI is InChI=1S/C16H17N3O3/c1-2-3-8-17-14(20)10-19-15-11-6-4-5-7-13(11)22-16(21)12(15)9-18-19/h4-7,9H,2-3,8,10H2,1H3,(H,17,20). The van der Waals surface area contributed by atoms with Gasteiger partial charge in [-0.25, -0.2) is 4.79 Å². The van der Waals surface area contributed by atoms with E-state index in [0.29, 0.717) is 23.0 Å². The van der Waals surface area contributed by atoms with Crippen LogP contribution in [0.1, 0.15) is 19.8 Å². The van der Waals surface area contributed by atoms with Gasteiger partial charge in [0.1, 0.15) is 17.5 Å². The molecule has 0 aliphatic heterocycles. The van der Waals surface area contributed by atoms with E-state index in [1.54, 1.807) is 16.8 Å². The molecule has 1 amide bonds. The number of para-hydroxylation sites is 1.